The zero-order valence-corrected chi connectivity index (χ0v) is 11.8. The SMILES string of the molecule is [CH2]CCC/C=C\CCCC/C=C\CCCCC. The Morgan fingerprint density at radius 1 is 0.647 bits per heavy atom. The third-order valence-electron chi connectivity index (χ3n) is 2.92. The molecule has 0 aromatic carbocycles. The molecule has 0 heteroatoms. The topological polar surface area (TPSA) is 0 Å². The summed E-state index contributed by atoms with van der Waals surface area (Å²) in [5.74, 6) is 0. The number of hydrogen-bond acceptors (Lipinski definition) is 0. The standard InChI is InChI=1S/C17H31/c1-3-5-7-9-11-13-15-17-16-14-12-10-8-6-4-2/h9,11-12,14H,1,3-8,10,13,15-17H2,2H3/b11-9-,14-12-. The van der Waals surface area contributed by atoms with Crippen molar-refractivity contribution in [3.8, 4) is 0 Å². The Labute approximate surface area is 109 Å². The quantitative estimate of drug-likeness (QED) is 0.277. The molecule has 0 saturated carbocycles. The molecule has 0 aromatic heterocycles. The fourth-order valence-corrected chi connectivity index (χ4v) is 1.77. The first-order chi connectivity index (χ1) is 8.41. The second-order valence-electron chi connectivity index (χ2n) is 4.72. The van der Waals surface area contributed by atoms with E-state index in [1.807, 2.05) is 0 Å². The van der Waals surface area contributed by atoms with Gasteiger partial charge in [0.25, 0.3) is 0 Å². The van der Waals surface area contributed by atoms with Crippen LogP contribution in [0, 0.1) is 6.92 Å². The van der Waals surface area contributed by atoms with Gasteiger partial charge in [-0.25, -0.2) is 0 Å². The second-order valence-corrected chi connectivity index (χ2v) is 4.72. The zero-order chi connectivity index (χ0) is 12.6. The van der Waals surface area contributed by atoms with Crippen LogP contribution < -0.4 is 0 Å². The van der Waals surface area contributed by atoms with Gasteiger partial charge in [0, 0.05) is 0 Å². The Bertz CT molecular complexity index is 176. The Morgan fingerprint density at radius 2 is 1.06 bits per heavy atom. The van der Waals surface area contributed by atoms with Gasteiger partial charge < -0.3 is 0 Å². The molecular formula is C17H31. The Hall–Kier alpha value is -0.520. The molecule has 0 heterocycles. The van der Waals surface area contributed by atoms with Crippen LogP contribution in [0.2, 0.25) is 0 Å². The Morgan fingerprint density at radius 3 is 1.47 bits per heavy atom. The highest BCUT2D eigenvalue weighted by Gasteiger charge is 1.85. The van der Waals surface area contributed by atoms with Gasteiger partial charge in [-0.05, 0) is 51.4 Å². The maximum atomic E-state index is 3.84. The molecule has 0 aromatic rings. The second kappa shape index (κ2) is 15.5. The summed E-state index contributed by atoms with van der Waals surface area (Å²) >= 11 is 0. The molecule has 0 rings (SSSR count). The minimum Gasteiger partial charge on any atom is -0.0885 e. The van der Waals surface area contributed by atoms with Crippen molar-refractivity contribution < 1.29 is 0 Å². The van der Waals surface area contributed by atoms with Gasteiger partial charge in [-0.15, -0.1) is 0 Å². The molecule has 0 bridgehead atoms. The summed E-state index contributed by atoms with van der Waals surface area (Å²) < 4.78 is 0. The highest BCUT2D eigenvalue weighted by atomic mass is 13.9. The lowest BCUT2D eigenvalue weighted by molar-refractivity contribution is 0.723. The molecule has 0 spiro atoms. The lowest BCUT2D eigenvalue weighted by atomic mass is 10.1. The van der Waals surface area contributed by atoms with Gasteiger partial charge in [-0.1, -0.05) is 57.4 Å². The number of allylic oxidation sites excluding steroid dienone is 4. The predicted octanol–water partition coefficient (Wildman–Crippen LogP) is 6.24. The van der Waals surface area contributed by atoms with Crippen molar-refractivity contribution in [3.05, 3.63) is 31.2 Å². The third kappa shape index (κ3) is 15.5. The van der Waals surface area contributed by atoms with Crippen molar-refractivity contribution in [2.24, 2.45) is 0 Å². The molecule has 0 atom stereocenters. The van der Waals surface area contributed by atoms with Crippen LogP contribution in [-0.2, 0) is 0 Å². The maximum Gasteiger partial charge on any atom is -0.0351 e. The van der Waals surface area contributed by atoms with Crippen molar-refractivity contribution >= 4 is 0 Å². The van der Waals surface area contributed by atoms with Crippen molar-refractivity contribution in [3.63, 3.8) is 0 Å². The van der Waals surface area contributed by atoms with E-state index in [2.05, 4.69) is 38.2 Å². The molecule has 0 aliphatic rings. The molecule has 99 valence electrons. The van der Waals surface area contributed by atoms with Crippen LogP contribution in [0.3, 0.4) is 0 Å². The minimum absolute atomic E-state index is 1.06. The van der Waals surface area contributed by atoms with Gasteiger partial charge in [-0.2, -0.15) is 0 Å². The number of rotatable bonds is 12. The fraction of sp³-hybridized carbons (Fsp3) is 0.706. The van der Waals surface area contributed by atoms with Crippen LogP contribution in [0.1, 0.15) is 77.6 Å². The van der Waals surface area contributed by atoms with Gasteiger partial charge in [0.15, 0.2) is 0 Å². The largest absolute Gasteiger partial charge is 0.0885 e. The Balaban J connectivity index is 3.09. The molecule has 0 N–H and O–H groups in total. The number of hydrogen-bond donors (Lipinski definition) is 0. The first-order valence-corrected chi connectivity index (χ1v) is 7.51. The van der Waals surface area contributed by atoms with Crippen LogP contribution in [0.4, 0.5) is 0 Å². The lowest BCUT2D eigenvalue weighted by Crippen LogP contribution is -1.74. The lowest BCUT2D eigenvalue weighted by Gasteiger charge is -1.94. The van der Waals surface area contributed by atoms with Gasteiger partial charge in [-0.3, -0.25) is 0 Å². The zero-order valence-electron chi connectivity index (χ0n) is 11.8. The molecule has 0 unspecified atom stereocenters. The fourth-order valence-electron chi connectivity index (χ4n) is 1.77. The summed E-state index contributed by atoms with van der Waals surface area (Å²) in [4.78, 5) is 0. The van der Waals surface area contributed by atoms with E-state index in [4.69, 9.17) is 0 Å². The molecule has 17 heavy (non-hydrogen) atoms. The van der Waals surface area contributed by atoms with Crippen LogP contribution in [-0.4, -0.2) is 0 Å². The van der Waals surface area contributed by atoms with E-state index >= 15 is 0 Å². The Kier molecular flexibility index (Phi) is 15.0. The highest BCUT2D eigenvalue weighted by Crippen LogP contribution is 2.05. The predicted molar refractivity (Wildman–Crippen MR) is 80.1 cm³/mol. The van der Waals surface area contributed by atoms with E-state index in [1.54, 1.807) is 0 Å². The molecule has 0 aliphatic heterocycles. The van der Waals surface area contributed by atoms with Gasteiger partial charge in [0.1, 0.15) is 0 Å². The van der Waals surface area contributed by atoms with E-state index in [0.717, 1.165) is 6.42 Å². The van der Waals surface area contributed by atoms with Gasteiger partial charge in [0.05, 0.1) is 0 Å². The van der Waals surface area contributed by atoms with E-state index in [0.29, 0.717) is 0 Å². The van der Waals surface area contributed by atoms with Crippen molar-refractivity contribution in [2.45, 2.75) is 77.6 Å². The van der Waals surface area contributed by atoms with E-state index in [9.17, 15) is 0 Å². The minimum atomic E-state index is 1.06. The molecule has 0 nitrogen and oxygen atoms in total. The molecule has 0 saturated heterocycles. The van der Waals surface area contributed by atoms with Gasteiger partial charge in [0.2, 0.25) is 0 Å². The van der Waals surface area contributed by atoms with Gasteiger partial charge >= 0.3 is 0 Å². The van der Waals surface area contributed by atoms with E-state index in [-0.39, 0.29) is 0 Å². The molecular weight excluding hydrogens is 204 g/mol. The van der Waals surface area contributed by atoms with Crippen LogP contribution in [0.15, 0.2) is 24.3 Å². The maximum absolute atomic E-state index is 3.84. The summed E-state index contributed by atoms with van der Waals surface area (Å²) in [6.45, 7) is 6.10. The average molecular weight is 235 g/mol. The van der Waals surface area contributed by atoms with Crippen LogP contribution in [0.5, 0.6) is 0 Å². The molecule has 0 amide bonds. The molecule has 0 aliphatic carbocycles. The molecule has 0 fully saturated rings. The van der Waals surface area contributed by atoms with Crippen molar-refractivity contribution in [2.75, 3.05) is 0 Å². The summed E-state index contributed by atoms with van der Waals surface area (Å²) in [5, 5.41) is 0. The first-order valence-electron chi connectivity index (χ1n) is 7.51. The summed E-state index contributed by atoms with van der Waals surface area (Å²) in [7, 11) is 0. The smallest absolute Gasteiger partial charge is 0.0351 e. The normalized spacial score (nSPS) is 11.9. The summed E-state index contributed by atoms with van der Waals surface area (Å²) in [6.07, 6.45) is 23.4. The van der Waals surface area contributed by atoms with Crippen LogP contribution >= 0.6 is 0 Å². The van der Waals surface area contributed by atoms with Crippen molar-refractivity contribution in [1.29, 1.82) is 0 Å². The third-order valence-corrected chi connectivity index (χ3v) is 2.92. The summed E-state index contributed by atoms with van der Waals surface area (Å²) in [6, 6.07) is 0. The van der Waals surface area contributed by atoms with Crippen molar-refractivity contribution in [1.82, 2.24) is 0 Å². The van der Waals surface area contributed by atoms with E-state index < -0.39 is 0 Å². The monoisotopic (exact) mass is 235 g/mol. The highest BCUT2D eigenvalue weighted by molar-refractivity contribution is 4.83. The number of unbranched alkanes of at least 4 members (excludes halogenated alkanes) is 8. The van der Waals surface area contributed by atoms with E-state index in [1.165, 1.54) is 64.2 Å². The first kappa shape index (κ1) is 16.5. The summed E-state index contributed by atoms with van der Waals surface area (Å²) in [5.41, 5.74) is 0. The van der Waals surface area contributed by atoms with Crippen LogP contribution in [0.25, 0.3) is 0 Å². The molecule has 1 radical (unpaired) electrons. The average Bonchev–Trinajstić information content (AvgIpc) is 2.35.